The summed E-state index contributed by atoms with van der Waals surface area (Å²) in [5.41, 5.74) is 1.87. The van der Waals surface area contributed by atoms with Crippen molar-refractivity contribution in [2.45, 2.75) is 45.8 Å². The van der Waals surface area contributed by atoms with Gasteiger partial charge < -0.3 is 14.6 Å². The number of halogens is 1. The van der Waals surface area contributed by atoms with E-state index in [1.807, 2.05) is 17.6 Å². The maximum absolute atomic E-state index is 11.8. The first-order chi connectivity index (χ1) is 11.6. The molecule has 0 aromatic carbocycles. The van der Waals surface area contributed by atoms with Crippen LogP contribution in [0.5, 0.6) is 0 Å². The van der Waals surface area contributed by atoms with E-state index < -0.39 is 0 Å². The first-order valence-corrected chi connectivity index (χ1v) is 8.71. The number of carbonyl (C=O) groups is 1. The molecule has 2 atom stereocenters. The third-order valence-corrected chi connectivity index (χ3v) is 4.61. The SMILES string of the molecule is CCC[C@H]1CN(Cc2cc(C#N)n(CC)c2)C[C@@H]1NC(=O)COC.Cl. The van der Waals surface area contributed by atoms with Gasteiger partial charge in [-0.1, -0.05) is 13.3 Å². The van der Waals surface area contributed by atoms with E-state index in [1.54, 1.807) is 0 Å². The average Bonchev–Trinajstić information content (AvgIpc) is 3.12. The van der Waals surface area contributed by atoms with Gasteiger partial charge in [0.25, 0.3) is 0 Å². The number of likely N-dealkylation sites (tertiary alicyclic amines) is 1. The highest BCUT2D eigenvalue weighted by molar-refractivity contribution is 5.85. The Kier molecular flexibility index (Phi) is 8.98. The first-order valence-electron chi connectivity index (χ1n) is 8.71. The van der Waals surface area contributed by atoms with Crippen molar-refractivity contribution in [2.75, 3.05) is 26.8 Å². The van der Waals surface area contributed by atoms with Gasteiger partial charge >= 0.3 is 0 Å². The Morgan fingerprint density at radius 3 is 2.76 bits per heavy atom. The highest BCUT2D eigenvalue weighted by atomic mass is 35.5. The molecule has 140 valence electrons. The van der Waals surface area contributed by atoms with Crippen LogP contribution < -0.4 is 5.32 Å². The van der Waals surface area contributed by atoms with Gasteiger partial charge in [-0.2, -0.15) is 5.26 Å². The fourth-order valence-electron chi connectivity index (χ4n) is 3.56. The molecule has 0 aliphatic carbocycles. The number of hydrogen-bond acceptors (Lipinski definition) is 4. The van der Waals surface area contributed by atoms with Gasteiger partial charge in [0.1, 0.15) is 18.4 Å². The number of nitriles is 1. The van der Waals surface area contributed by atoms with Crippen LogP contribution in [0.1, 0.15) is 37.9 Å². The zero-order chi connectivity index (χ0) is 17.5. The second kappa shape index (κ2) is 10.4. The molecule has 6 nitrogen and oxygen atoms in total. The number of hydrogen-bond donors (Lipinski definition) is 1. The van der Waals surface area contributed by atoms with Gasteiger partial charge in [0.15, 0.2) is 0 Å². The standard InChI is InChI=1S/C18H28N4O2.ClH/c1-4-6-15-11-21(12-17(15)20-18(23)13-24-3)9-14-7-16(8-19)22(5-2)10-14;/h7,10,15,17H,4-6,9,11-13H2,1-3H3,(H,20,23);1H/t15-,17-;/m0./s1. The number of methoxy groups -OCH3 is 1. The summed E-state index contributed by atoms with van der Waals surface area (Å²) in [5.74, 6) is 0.425. The van der Waals surface area contributed by atoms with Gasteiger partial charge in [-0.3, -0.25) is 9.69 Å². The predicted octanol–water partition coefficient (Wildman–Crippen LogP) is 2.16. The van der Waals surface area contributed by atoms with E-state index in [-0.39, 0.29) is 31.0 Å². The van der Waals surface area contributed by atoms with Crippen molar-refractivity contribution in [1.29, 1.82) is 5.26 Å². The van der Waals surface area contributed by atoms with Crippen LogP contribution in [0, 0.1) is 17.2 Å². The predicted molar refractivity (Wildman–Crippen MR) is 99.6 cm³/mol. The van der Waals surface area contributed by atoms with Crippen LogP contribution in [-0.2, 0) is 22.6 Å². The van der Waals surface area contributed by atoms with Crippen LogP contribution >= 0.6 is 12.4 Å². The lowest BCUT2D eigenvalue weighted by atomic mass is 9.98. The second-order valence-corrected chi connectivity index (χ2v) is 6.48. The molecule has 2 heterocycles. The Morgan fingerprint density at radius 2 is 2.20 bits per heavy atom. The van der Waals surface area contributed by atoms with Crippen molar-refractivity contribution in [2.24, 2.45) is 5.92 Å². The summed E-state index contributed by atoms with van der Waals surface area (Å²) >= 11 is 0. The summed E-state index contributed by atoms with van der Waals surface area (Å²) in [6, 6.07) is 4.39. The third-order valence-electron chi connectivity index (χ3n) is 4.61. The molecule has 7 heteroatoms. The van der Waals surface area contributed by atoms with Crippen LogP contribution in [0.4, 0.5) is 0 Å². The van der Waals surface area contributed by atoms with Gasteiger partial charge in [0, 0.05) is 45.5 Å². The van der Waals surface area contributed by atoms with Crippen LogP contribution in [-0.4, -0.2) is 48.2 Å². The number of nitrogens with one attached hydrogen (secondary N) is 1. The minimum Gasteiger partial charge on any atom is -0.375 e. The smallest absolute Gasteiger partial charge is 0.246 e. The highest BCUT2D eigenvalue weighted by Gasteiger charge is 2.33. The molecule has 0 spiro atoms. The van der Waals surface area contributed by atoms with E-state index in [2.05, 4.69) is 29.4 Å². The zero-order valence-corrected chi connectivity index (χ0v) is 16.1. The molecule has 1 amide bonds. The molecule has 25 heavy (non-hydrogen) atoms. The quantitative estimate of drug-likeness (QED) is 0.763. The molecule has 0 unspecified atom stereocenters. The van der Waals surface area contributed by atoms with Gasteiger partial charge in [-0.15, -0.1) is 12.4 Å². The average molecular weight is 369 g/mol. The molecule has 1 aliphatic rings. The van der Waals surface area contributed by atoms with Gasteiger partial charge in [0.2, 0.25) is 5.91 Å². The van der Waals surface area contributed by atoms with E-state index in [9.17, 15) is 10.1 Å². The lowest BCUT2D eigenvalue weighted by molar-refractivity contribution is -0.125. The summed E-state index contributed by atoms with van der Waals surface area (Å²) in [7, 11) is 1.54. The van der Waals surface area contributed by atoms with Crippen LogP contribution in [0.15, 0.2) is 12.3 Å². The maximum atomic E-state index is 11.8. The summed E-state index contributed by atoms with van der Waals surface area (Å²) < 4.78 is 6.89. The third kappa shape index (κ3) is 5.74. The van der Waals surface area contributed by atoms with Gasteiger partial charge in [0.05, 0.1) is 0 Å². The molecule has 0 radical (unpaired) electrons. The van der Waals surface area contributed by atoms with Crippen molar-refractivity contribution in [3.63, 3.8) is 0 Å². The number of aryl methyl sites for hydroxylation is 1. The molecular formula is C18H29ClN4O2. The van der Waals surface area contributed by atoms with E-state index in [0.29, 0.717) is 11.6 Å². The normalized spacial score (nSPS) is 20.1. The Labute approximate surface area is 156 Å². The number of aromatic nitrogens is 1. The topological polar surface area (TPSA) is 70.3 Å². The molecule has 1 aromatic rings. The number of amides is 1. The van der Waals surface area contributed by atoms with Crippen molar-refractivity contribution < 1.29 is 9.53 Å². The maximum Gasteiger partial charge on any atom is 0.246 e. The summed E-state index contributed by atoms with van der Waals surface area (Å²) in [4.78, 5) is 14.2. The molecule has 2 rings (SSSR count). The molecule has 1 aromatic heterocycles. The van der Waals surface area contributed by atoms with E-state index >= 15 is 0 Å². The van der Waals surface area contributed by atoms with E-state index in [0.717, 1.165) is 44.6 Å². The number of nitrogens with zero attached hydrogens (tertiary/aromatic N) is 3. The molecule has 1 N–H and O–H groups in total. The zero-order valence-electron chi connectivity index (χ0n) is 15.3. The Balaban J connectivity index is 0.00000312. The number of rotatable bonds is 8. The van der Waals surface area contributed by atoms with Crippen LogP contribution in [0.25, 0.3) is 0 Å². The molecular weight excluding hydrogens is 340 g/mol. The van der Waals surface area contributed by atoms with Crippen molar-refractivity contribution in [1.82, 2.24) is 14.8 Å². The van der Waals surface area contributed by atoms with E-state index in [1.165, 1.54) is 7.11 Å². The van der Waals surface area contributed by atoms with Crippen LogP contribution in [0.2, 0.25) is 0 Å². The number of carbonyl (C=O) groups excluding carboxylic acids is 1. The molecule has 0 saturated carbocycles. The van der Waals surface area contributed by atoms with Crippen LogP contribution in [0.3, 0.4) is 0 Å². The van der Waals surface area contributed by atoms with Crippen molar-refractivity contribution in [3.8, 4) is 6.07 Å². The Hall–Kier alpha value is -1.55. The van der Waals surface area contributed by atoms with Crippen molar-refractivity contribution >= 4 is 18.3 Å². The monoisotopic (exact) mass is 368 g/mol. The molecule has 1 aliphatic heterocycles. The summed E-state index contributed by atoms with van der Waals surface area (Å²) in [6.45, 7) is 7.77. The molecule has 1 fully saturated rings. The minimum absolute atomic E-state index is 0. The fourth-order valence-corrected chi connectivity index (χ4v) is 3.56. The molecule has 0 bridgehead atoms. The Bertz CT molecular complexity index is 596. The molecule has 1 saturated heterocycles. The lowest BCUT2D eigenvalue weighted by Crippen LogP contribution is -2.42. The summed E-state index contributed by atoms with van der Waals surface area (Å²) in [6.07, 6.45) is 4.28. The van der Waals surface area contributed by atoms with Gasteiger partial charge in [-0.25, -0.2) is 0 Å². The van der Waals surface area contributed by atoms with Gasteiger partial charge in [-0.05, 0) is 30.9 Å². The Morgan fingerprint density at radius 1 is 1.44 bits per heavy atom. The first kappa shape index (κ1) is 21.5. The highest BCUT2D eigenvalue weighted by Crippen LogP contribution is 2.24. The fraction of sp³-hybridized carbons (Fsp3) is 0.667. The largest absolute Gasteiger partial charge is 0.375 e. The minimum atomic E-state index is -0.0469. The van der Waals surface area contributed by atoms with Crippen molar-refractivity contribution in [3.05, 3.63) is 23.5 Å². The summed E-state index contributed by atoms with van der Waals surface area (Å²) in [5, 5.41) is 12.3. The second-order valence-electron chi connectivity index (χ2n) is 6.48. The number of ether oxygens (including phenoxy) is 1. The lowest BCUT2D eigenvalue weighted by Gasteiger charge is -2.19. The van der Waals surface area contributed by atoms with E-state index in [4.69, 9.17) is 4.74 Å².